The van der Waals surface area contributed by atoms with Gasteiger partial charge in [0.2, 0.25) is 0 Å². The zero-order valence-electron chi connectivity index (χ0n) is 30.1. The highest BCUT2D eigenvalue weighted by atomic mass is 32.1. The number of hydrogen-bond donors (Lipinski definition) is 0. The number of aromatic nitrogens is 2. The molecular formula is C49H34N4S. The van der Waals surface area contributed by atoms with Gasteiger partial charge in [-0.3, -0.25) is 0 Å². The largest absolute Gasteiger partial charge is 0.251 e. The SMILES string of the molecule is Cc1cc(C)c(-c2nc(N3c4c(c5ccccc5c5c4sc4ccccc45)-c4c(ccc5ccccc45)N3c3ccccc3)nc3ccccc23)c(C)c1. The van der Waals surface area contributed by atoms with E-state index in [1.165, 1.54) is 69.5 Å². The molecule has 0 fully saturated rings. The van der Waals surface area contributed by atoms with Crippen molar-refractivity contribution in [1.82, 2.24) is 9.97 Å². The molecule has 256 valence electrons. The van der Waals surface area contributed by atoms with Crippen molar-refractivity contribution in [1.29, 1.82) is 0 Å². The zero-order chi connectivity index (χ0) is 36.1. The van der Waals surface area contributed by atoms with E-state index >= 15 is 0 Å². The Hall–Kier alpha value is -6.56. The summed E-state index contributed by atoms with van der Waals surface area (Å²) in [6.07, 6.45) is 0. The highest BCUT2D eigenvalue weighted by Gasteiger charge is 2.38. The molecule has 0 spiro atoms. The van der Waals surface area contributed by atoms with Crippen molar-refractivity contribution in [2.24, 2.45) is 0 Å². The maximum absolute atomic E-state index is 5.67. The third-order valence-electron chi connectivity index (χ3n) is 11.0. The van der Waals surface area contributed by atoms with Gasteiger partial charge in [0.15, 0.2) is 0 Å². The van der Waals surface area contributed by atoms with Crippen LogP contribution in [0.5, 0.6) is 0 Å². The normalized spacial score (nSPS) is 12.6. The van der Waals surface area contributed by atoms with Crippen LogP contribution in [-0.4, -0.2) is 9.97 Å². The van der Waals surface area contributed by atoms with Crippen LogP contribution in [0.2, 0.25) is 0 Å². The van der Waals surface area contributed by atoms with Gasteiger partial charge in [0, 0.05) is 37.5 Å². The molecule has 0 saturated heterocycles. The van der Waals surface area contributed by atoms with E-state index in [4.69, 9.17) is 9.97 Å². The molecule has 5 heteroatoms. The molecular weight excluding hydrogens is 677 g/mol. The molecule has 0 amide bonds. The van der Waals surface area contributed by atoms with Crippen LogP contribution in [0.1, 0.15) is 16.7 Å². The fourth-order valence-corrected chi connectivity index (χ4v) is 10.2. The van der Waals surface area contributed by atoms with Gasteiger partial charge in [-0.2, -0.15) is 0 Å². The van der Waals surface area contributed by atoms with Crippen molar-refractivity contribution in [2.75, 3.05) is 10.0 Å². The Balaban J connectivity index is 1.37. The third-order valence-corrected chi connectivity index (χ3v) is 12.2. The van der Waals surface area contributed by atoms with Crippen LogP contribution in [-0.2, 0) is 0 Å². The first-order valence-corrected chi connectivity index (χ1v) is 19.2. The molecule has 4 nitrogen and oxygen atoms in total. The van der Waals surface area contributed by atoms with Gasteiger partial charge in [-0.1, -0.05) is 127 Å². The van der Waals surface area contributed by atoms with E-state index in [0.717, 1.165) is 39.2 Å². The zero-order valence-corrected chi connectivity index (χ0v) is 30.9. The van der Waals surface area contributed by atoms with Crippen molar-refractivity contribution in [3.8, 4) is 22.4 Å². The second-order valence-electron chi connectivity index (χ2n) is 14.4. The summed E-state index contributed by atoms with van der Waals surface area (Å²) in [4.78, 5) is 11.2. The van der Waals surface area contributed by atoms with Crippen molar-refractivity contribution in [2.45, 2.75) is 20.8 Å². The molecule has 0 radical (unpaired) electrons. The molecule has 8 aromatic carbocycles. The molecule has 0 bridgehead atoms. The maximum Gasteiger partial charge on any atom is 0.251 e. The van der Waals surface area contributed by atoms with Gasteiger partial charge in [0.05, 0.1) is 33.0 Å². The number of fused-ring (bicyclic) bond motifs is 13. The standard InChI is InChI=1S/C49H34N4S/c1-29-27-30(2)42(31(3)28-29)46-37-21-11-13-23-39(37)50-49(51-46)53-47-45(36-20-10-9-19-35(36)43-38-22-12-14-24-41(38)54-48(43)47)44-34-18-8-7-15-32(34)25-26-40(44)52(53)33-16-5-4-6-17-33/h4-28H,1-3H3. The highest BCUT2D eigenvalue weighted by molar-refractivity contribution is 7.26. The van der Waals surface area contributed by atoms with Gasteiger partial charge in [-0.15, -0.1) is 11.3 Å². The fraction of sp³-hybridized carbons (Fsp3) is 0.0612. The van der Waals surface area contributed by atoms with Crippen LogP contribution in [0, 0.1) is 20.8 Å². The lowest BCUT2D eigenvalue weighted by molar-refractivity contribution is 0.933. The number of thiophene rings is 1. The first-order chi connectivity index (χ1) is 26.5. The van der Waals surface area contributed by atoms with E-state index in [0.29, 0.717) is 5.95 Å². The van der Waals surface area contributed by atoms with E-state index in [9.17, 15) is 0 Å². The Morgan fingerprint density at radius 1 is 0.500 bits per heavy atom. The van der Waals surface area contributed by atoms with Crippen LogP contribution in [0.15, 0.2) is 152 Å². The topological polar surface area (TPSA) is 32.3 Å². The fourth-order valence-electron chi connectivity index (χ4n) is 8.92. The van der Waals surface area contributed by atoms with E-state index in [2.05, 4.69) is 182 Å². The van der Waals surface area contributed by atoms with E-state index in [1.54, 1.807) is 0 Å². The number of rotatable bonds is 3. The molecule has 0 atom stereocenters. The first kappa shape index (κ1) is 31.0. The molecule has 54 heavy (non-hydrogen) atoms. The average molecular weight is 711 g/mol. The number of anilines is 4. The molecule has 11 rings (SSSR count). The number of benzene rings is 8. The number of para-hydroxylation sites is 2. The maximum atomic E-state index is 5.67. The number of aryl methyl sites for hydroxylation is 3. The van der Waals surface area contributed by atoms with Gasteiger partial charge < -0.3 is 0 Å². The minimum Gasteiger partial charge on any atom is -0.246 e. The molecule has 0 N–H and O–H groups in total. The lowest BCUT2D eigenvalue weighted by Gasteiger charge is -2.43. The van der Waals surface area contributed by atoms with Crippen LogP contribution >= 0.6 is 11.3 Å². The van der Waals surface area contributed by atoms with Gasteiger partial charge in [-0.05, 0) is 83.8 Å². The van der Waals surface area contributed by atoms with E-state index in [-0.39, 0.29) is 0 Å². The number of hydrogen-bond acceptors (Lipinski definition) is 5. The van der Waals surface area contributed by atoms with Crippen LogP contribution in [0.4, 0.5) is 23.0 Å². The van der Waals surface area contributed by atoms with Crippen molar-refractivity contribution in [3.63, 3.8) is 0 Å². The Kier molecular flexibility index (Phi) is 6.73. The quantitative estimate of drug-likeness (QED) is 0.183. The lowest BCUT2D eigenvalue weighted by atomic mass is 9.87. The summed E-state index contributed by atoms with van der Waals surface area (Å²) >= 11 is 1.85. The predicted molar refractivity (Wildman–Crippen MR) is 230 cm³/mol. The Labute approximate surface area is 317 Å². The molecule has 1 aliphatic heterocycles. The summed E-state index contributed by atoms with van der Waals surface area (Å²) in [5.74, 6) is 0.626. The summed E-state index contributed by atoms with van der Waals surface area (Å²) in [5, 5.41) is 13.1. The summed E-state index contributed by atoms with van der Waals surface area (Å²) in [5.41, 5.74) is 12.3. The van der Waals surface area contributed by atoms with Crippen molar-refractivity contribution >= 4 is 87.0 Å². The molecule has 3 heterocycles. The molecule has 1 aliphatic rings. The summed E-state index contributed by atoms with van der Waals surface area (Å²) < 4.78 is 2.47. The second kappa shape index (κ2) is 11.7. The smallest absolute Gasteiger partial charge is 0.246 e. The first-order valence-electron chi connectivity index (χ1n) is 18.4. The van der Waals surface area contributed by atoms with Crippen molar-refractivity contribution < 1.29 is 0 Å². The Morgan fingerprint density at radius 3 is 1.94 bits per heavy atom. The van der Waals surface area contributed by atoms with Gasteiger partial charge in [-0.25, -0.2) is 20.0 Å². The van der Waals surface area contributed by atoms with Crippen molar-refractivity contribution in [3.05, 3.63) is 168 Å². The van der Waals surface area contributed by atoms with Crippen LogP contribution in [0.3, 0.4) is 0 Å². The predicted octanol–water partition coefficient (Wildman–Crippen LogP) is 13.8. The van der Waals surface area contributed by atoms with Crippen LogP contribution < -0.4 is 10.0 Å². The summed E-state index contributed by atoms with van der Waals surface area (Å²) in [7, 11) is 0. The highest BCUT2D eigenvalue weighted by Crippen LogP contribution is 2.59. The minimum atomic E-state index is 0.626. The molecule has 2 aromatic heterocycles. The molecule has 0 unspecified atom stereocenters. The van der Waals surface area contributed by atoms with E-state index < -0.39 is 0 Å². The van der Waals surface area contributed by atoms with Gasteiger partial charge in [0.1, 0.15) is 0 Å². The van der Waals surface area contributed by atoms with Gasteiger partial charge >= 0.3 is 0 Å². The lowest BCUT2D eigenvalue weighted by Crippen LogP contribution is -2.40. The van der Waals surface area contributed by atoms with Crippen LogP contribution in [0.25, 0.3) is 75.0 Å². The Bertz CT molecular complexity index is 3140. The summed E-state index contributed by atoms with van der Waals surface area (Å²) in [6.45, 7) is 6.57. The number of nitrogens with zero attached hydrogens (tertiary/aromatic N) is 4. The molecule has 0 aliphatic carbocycles. The van der Waals surface area contributed by atoms with E-state index in [1.807, 2.05) is 11.3 Å². The summed E-state index contributed by atoms with van der Waals surface area (Å²) in [6, 6.07) is 54.8. The minimum absolute atomic E-state index is 0.626. The monoisotopic (exact) mass is 710 g/mol. The average Bonchev–Trinajstić information content (AvgIpc) is 3.60. The number of hydrazine groups is 1. The second-order valence-corrected chi connectivity index (χ2v) is 15.4. The van der Waals surface area contributed by atoms with Gasteiger partial charge in [0.25, 0.3) is 5.95 Å². The third kappa shape index (κ3) is 4.42. The Morgan fingerprint density at radius 2 is 1.15 bits per heavy atom. The molecule has 10 aromatic rings. The molecule has 0 saturated carbocycles.